The highest BCUT2D eigenvalue weighted by Gasteiger charge is 2.69. The minimum absolute atomic E-state index is 0.0971. The third-order valence-corrected chi connectivity index (χ3v) is 5.06. The fraction of sp³-hybridized carbons (Fsp3) is 0.450. The second-order valence-electron chi connectivity index (χ2n) is 6.79. The van der Waals surface area contributed by atoms with E-state index in [1.165, 1.54) is 0 Å². The smallest absolute Gasteiger partial charge is 0.350 e. The number of benzene rings is 1. The molecule has 0 N–H and O–H groups in total. The molecular formula is C20H22O6. The number of Topliss-reactive ketones (excluding diaryl/α,β-unsaturated/α-hetero) is 1. The number of ketones is 1. The third-order valence-electron chi connectivity index (χ3n) is 5.06. The molecule has 138 valence electrons. The average molecular weight is 358 g/mol. The summed E-state index contributed by atoms with van der Waals surface area (Å²) in [7, 11) is 0. The molecule has 6 nitrogen and oxygen atoms in total. The molecule has 2 bridgehead atoms. The maximum atomic E-state index is 12.8. The Bertz CT molecular complexity index is 755. The first-order chi connectivity index (χ1) is 12.3. The second-order valence-corrected chi connectivity index (χ2v) is 6.79. The molecule has 2 heterocycles. The quantitative estimate of drug-likeness (QED) is 0.457. The Labute approximate surface area is 152 Å². The lowest BCUT2D eigenvalue weighted by molar-refractivity contribution is -0.191. The molecule has 0 radical (unpaired) electrons. The zero-order chi connectivity index (χ0) is 18.9. The Morgan fingerprint density at radius 3 is 2.62 bits per heavy atom. The highest BCUT2D eigenvalue weighted by Crippen LogP contribution is 2.53. The lowest BCUT2D eigenvalue weighted by atomic mass is 9.82. The molecule has 0 aliphatic carbocycles. The van der Waals surface area contributed by atoms with Gasteiger partial charge in [-0.15, -0.1) is 0 Å². The zero-order valence-corrected chi connectivity index (χ0v) is 14.9. The molecule has 2 saturated heterocycles. The highest BCUT2D eigenvalue weighted by molar-refractivity contribution is 6.13. The van der Waals surface area contributed by atoms with E-state index < -0.39 is 34.8 Å². The van der Waals surface area contributed by atoms with Gasteiger partial charge < -0.3 is 14.2 Å². The molecule has 3 atom stereocenters. The topological polar surface area (TPSA) is 78.9 Å². The van der Waals surface area contributed by atoms with Crippen molar-refractivity contribution in [1.29, 1.82) is 0 Å². The Balaban J connectivity index is 1.85. The van der Waals surface area contributed by atoms with Gasteiger partial charge in [0.15, 0.2) is 5.78 Å². The van der Waals surface area contributed by atoms with Gasteiger partial charge in [0.25, 0.3) is 0 Å². The molecule has 0 saturated carbocycles. The number of rotatable bonds is 5. The van der Waals surface area contributed by atoms with E-state index in [2.05, 4.69) is 6.58 Å². The Morgan fingerprint density at radius 1 is 1.27 bits per heavy atom. The van der Waals surface area contributed by atoms with Crippen molar-refractivity contribution >= 4 is 17.7 Å². The van der Waals surface area contributed by atoms with Crippen LogP contribution in [0.15, 0.2) is 42.5 Å². The van der Waals surface area contributed by atoms with Crippen LogP contribution in [0.5, 0.6) is 0 Å². The average Bonchev–Trinajstić information content (AvgIpc) is 2.83. The minimum atomic E-state index is -1.90. The van der Waals surface area contributed by atoms with Gasteiger partial charge in [0.1, 0.15) is 12.5 Å². The summed E-state index contributed by atoms with van der Waals surface area (Å²) < 4.78 is 16.4. The van der Waals surface area contributed by atoms with E-state index in [0.29, 0.717) is 6.42 Å². The van der Waals surface area contributed by atoms with Gasteiger partial charge in [0.05, 0.1) is 12.2 Å². The maximum absolute atomic E-state index is 12.8. The number of esters is 2. The van der Waals surface area contributed by atoms with Crippen LogP contribution >= 0.6 is 0 Å². The fourth-order valence-corrected chi connectivity index (χ4v) is 3.74. The summed E-state index contributed by atoms with van der Waals surface area (Å²) in [6, 6.07) is 9.26. The predicted octanol–water partition coefficient (Wildman–Crippen LogP) is 2.36. The number of fused-ring (bicyclic) bond motifs is 2. The van der Waals surface area contributed by atoms with Crippen molar-refractivity contribution in [3.8, 4) is 0 Å². The van der Waals surface area contributed by atoms with Crippen LogP contribution in [0, 0.1) is 5.92 Å². The normalized spacial score (nSPS) is 30.2. The van der Waals surface area contributed by atoms with Gasteiger partial charge >= 0.3 is 11.9 Å². The van der Waals surface area contributed by atoms with Crippen LogP contribution in [0.1, 0.15) is 32.3 Å². The van der Waals surface area contributed by atoms with Crippen molar-refractivity contribution in [3.05, 3.63) is 48.0 Å². The monoisotopic (exact) mass is 358 g/mol. The van der Waals surface area contributed by atoms with E-state index in [1.54, 1.807) is 13.8 Å². The van der Waals surface area contributed by atoms with Crippen LogP contribution in [0.4, 0.5) is 0 Å². The molecule has 2 aliphatic heterocycles. The summed E-state index contributed by atoms with van der Waals surface area (Å²) in [5.74, 6) is -2.68. The van der Waals surface area contributed by atoms with E-state index in [1.807, 2.05) is 30.3 Å². The fourth-order valence-electron chi connectivity index (χ4n) is 3.74. The van der Waals surface area contributed by atoms with Gasteiger partial charge in [-0.05, 0) is 31.4 Å². The van der Waals surface area contributed by atoms with Gasteiger partial charge in [-0.1, -0.05) is 36.9 Å². The van der Waals surface area contributed by atoms with Gasteiger partial charge in [0.2, 0.25) is 5.60 Å². The van der Waals surface area contributed by atoms with Crippen molar-refractivity contribution in [2.75, 3.05) is 6.61 Å². The lowest BCUT2D eigenvalue weighted by Crippen LogP contribution is -2.53. The van der Waals surface area contributed by atoms with Gasteiger partial charge in [-0.3, -0.25) is 9.59 Å². The van der Waals surface area contributed by atoms with E-state index in [-0.39, 0.29) is 25.2 Å². The van der Waals surface area contributed by atoms with Crippen LogP contribution in [0.2, 0.25) is 0 Å². The molecule has 0 aromatic heterocycles. The van der Waals surface area contributed by atoms with Gasteiger partial charge in [-0.25, -0.2) is 4.79 Å². The van der Waals surface area contributed by atoms with Crippen LogP contribution < -0.4 is 0 Å². The van der Waals surface area contributed by atoms with Gasteiger partial charge in [-0.2, -0.15) is 0 Å². The van der Waals surface area contributed by atoms with Crippen molar-refractivity contribution in [3.63, 3.8) is 0 Å². The molecule has 2 aliphatic rings. The highest BCUT2D eigenvalue weighted by atomic mass is 16.6. The van der Waals surface area contributed by atoms with Crippen LogP contribution in [0.3, 0.4) is 0 Å². The molecule has 2 fully saturated rings. The molecule has 26 heavy (non-hydrogen) atoms. The van der Waals surface area contributed by atoms with Crippen LogP contribution in [-0.2, 0) is 35.2 Å². The Kier molecular flexibility index (Phi) is 4.71. The van der Waals surface area contributed by atoms with Crippen LogP contribution in [-0.4, -0.2) is 35.5 Å². The summed E-state index contributed by atoms with van der Waals surface area (Å²) in [4.78, 5) is 37.8. The van der Waals surface area contributed by atoms with E-state index in [0.717, 1.165) is 5.56 Å². The summed E-state index contributed by atoms with van der Waals surface area (Å²) in [5, 5.41) is 0. The SMILES string of the molecule is C=C1[C@H](C(=O)OCc2ccccc2)[C@]2(C)CCC(=O)[C@@]1(C(=O)OCC)O2. The summed E-state index contributed by atoms with van der Waals surface area (Å²) in [5.41, 5.74) is -1.97. The maximum Gasteiger partial charge on any atom is 0.350 e. The number of ether oxygens (including phenoxy) is 3. The molecule has 0 unspecified atom stereocenters. The largest absolute Gasteiger partial charge is 0.463 e. The van der Waals surface area contributed by atoms with E-state index in [4.69, 9.17) is 14.2 Å². The zero-order valence-electron chi connectivity index (χ0n) is 14.9. The molecule has 3 rings (SSSR count). The molecule has 0 spiro atoms. The first-order valence-corrected chi connectivity index (χ1v) is 8.65. The molecule has 0 amide bonds. The molecular weight excluding hydrogens is 336 g/mol. The predicted molar refractivity (Wildman–Crippen MR) is 92.0 cm³/mol. The number of hydrogen-bond acceptors (Lipinski definition) is 6. The van der Waals surface area contributed by atoms with Crippen molar-refractivity contribution in [2.24, 2.45) is 5.92 Å². The summed E-state index contributed by atoms with van der Waals surface area (Å²) >= 11 is 0. The molecule has 1 aromatic rings. The van der Waals surface area contributed by atoms with E-state index >= 15 is 0 Å². The Hall–Kier alpha value is -2.47. The summed E-state index contributed by atoms with van der Waals surface area (Å²) in [6.07, 6.45) is 0.438. The second kappa shape index (κ2) is 6.68. The first-order valence-electron chi connectivity index (χ1n) is 8.65. The number of hydrogen-bond donors (Lipinski definition) is 0. The van der Waals surface area contributed by atoms with Crippen molar-refractivity contribution in [2.45, 2.75) is 44.5 Å². The van der Waals surface area contributed by atoms with Crippen LogP contribution in [0.25, 0.3) is 0 Å². The van der Waals surface area contributed by atoms with Crippen molar-refractivity contribution < 1.29 is 28.6 Å². The van der Waals surface area contributed by atoms with Crippen molar-refractivity contribution in [1.82, 2.24) is 0 Å². The minimum Gasteiger partial charge on any atom is -0.463 e. The summed E-state index contributed by atoms with van der Waals surface area (Å²) in [6.45, 7) is 7.43. The Morgan fingerprint density at radius 2 is 1.96 bits per heavy atom. The third kappa shape index (κ3) is 2.74. The number of carbonyl (C=O) groups is 3. The van der Waals surface area contributed by atoms with E-state index in [9.17, 15) is 14.4 Å². The standard InChI is InChI=1S/C20H22O6/c1-4-24-18(23)20-13(2)16(19(3,26-20)11-10-15(20)21)17(22)25-12-14-8-6-5-7-9-14/h5-9,16H,2,4,10-12H2,1,3H3/t16-,19+,20+/m1/s1. The first kappa shape index (κ1) is 18.3. The number of carbonyl (C=O) groups excluding carboxylic acids is 3. The lowest BCUT2D eigenvalue weighted by Gasteiger charge is -2.35. The molecule has 6 heteroatoms. The molecule has 1 aromatic carbocycles. The van der Waals surface area contributed by atoms with Gasteiger partial charge in [0, 0.05) is 6.42 Å².